The lowest BCUT2D eigenvalue weighted by atomic mass is 9.78. The lowest BCUT2D eigenvalue weighted by Crippen LogP contribution is -2.49. The van der Waals surface area contributed by atoms with E-state index in [-0.39, 0.29) is 17.8 Å². The quantitative estimate of drug-likeness (QED) is 0.858. The van der Waals surface area contributed by atoms with Crippen molar-refractivity contribution in [3.8, 4) is 0 Å². The predicted octanol–water partition coefficient (Wildman–Crippen LogP) is 4.20. The molecule has 1 fully saturated rings. The first kappa shape index (κ1) is 16.4. The normalized spacial score (nSPS) is 17.9. The van der Waals surface area contributed by atoms with Gasteiger partial charge in [0.25, 0.3) is 0 Å². The number of aliphatic carboxylic acids is 1. The summed E-state index contributed by atoms with van der Waals surface area (Å²) in [6.45, 7) is 0.631. The van der Waals surface area contributed by atoms with E-state index in [4.69, 9.17) is 0 Å². The molecule has 0 amide bonds. The SMILES string of the molecule is CN(Cc1ccc(F)c(Br)c1)C1(CC(=O)O)CCCCC1. The first-order valence-electron chi connectivity index (χ1n) is 7.30. The second kappa shape index (κ2) is 6.88. The van der Waals surface area contributed by atoms with Gasteiger partial charge in [-0.3, -0.25) is 9.69 Å². The zero-order valence-electron chi connectivity index (χ0n) is 12.2. The number of hydrogen-bond acceptors (Lipinski definition) is 2. The minimum absolute atomic E-state index is 0.172. The summed E-state index contributed by atoms with van der Waals surface area (Å²) in [5.74, 6) is -1.02. The van der Waals surface area contributed by atoms with Gasteiger partial charge < -0.3 is 5.11 Å². The highest BCUT2D eigenvalue weighted by Gasteiger charge is 2.37. The summed E-state index contributed by atoms with van der Waals surface area (Å²) in [6.07, 6.45) is 5.33. The molecule has 3 nitrogen and oxygen atoms in total. The van der Waals surface area contributed by atoms with Crippen molar-refractivity contribution in [1.29, 1.82) is 0 Å². The standard InChI is InChI=1S/C16H21BrFNO2/c1-19(11-12-5-6-14(18)13(17)9-12)16(10-15(20)21)7-3-2-4-8-16/h5-6,9H,2-4,7-8,10-11H2,1H3,(H,20,21). The average Bonchev–Trinajstić information content (AvgIpc) is 2.43. The molecule has 0 atom stereocenters. The maximum Gasteiger partial charge on any atom is 0.305 e. The van der Waals surface area contributed by atoms with Crippen molar-refractivity contribution in [3.63, 3.8) is 0 Å². The van der Waals surface area contributed by atoms with Gasteiger partial charge in [-0.2, -0.15) is 0 Å². The number of carbonyl (C=O) groups is 1. The zero-order valence-corrected chi connectivity index (χ0v) is 13.8. The van der Waals surface area contributed by atoms with Gasteiger partial charge in [-0.05, 0) is 53.5 Å². The minimum Gasteiger partial charge on any atom is -0.481 e. The Morgan fingerprint density at radius 3 is 2.62 bits per heavy atom. The molecule has 1 aromatic rings. The van der Waals surface area contributed by atoms with Crippen molar-refractivity contribution in [2.24, 2.45) is 0 Å². The van der Waals surface area contributed by atoms with Crippen molar-refractivity contribution in [2.45, 2.75) is 50.6 Å². The fraction of sp³-hybridized carbons (Fsp3) is 0.562. The summed E-state index contributed by atoms with van der Waals surface area (Å²) >= 11 is 3.20. The molecule has 5 heteroatoms. The van der Waals surface area contributed by atoms with Crippen molar-refractivity contribution in [3.05, 3.63) is 34.1 Å². The first-order chi connectivity index (χ1) is 9.93. The van der Waals surface area contributed by atoms with Crippen molar-refractivity contribution >= 4 is 21.9 Å². The highest BCUT2D eigenvalue weighted by atomic mass is 79.9. The van der Waals surface area contributed by atoms with E-state index in [2.05, 4.69) is 20.8 Å². The van der Waals surface area contributed by atoms with Gasteiger partial charge in [-0.25, -0.2) is 4.39 Å². The summed E-state index contributed by atoms with van der Waals surface area (Å²) in [5, 5.41) is 9.24. The van der Waals surface area contributed by atoms with E-state index >= 15 is 0 Å². The van der Waals surface area contributed by atoms with Crippen LogP contribution in [-0.2, 0) is 11.3 Å². The number of halogens is 2. The topological polar surface area (TPSA) is 40.5 Å². The van der Waals surface area contributed by atoms with Crippen LogP contribution in [-0.4, -0.2) is 28.6 Å². The van der Waals surface area contributed by atoms with Gasteiger partial charge in [0.1, 0.15) is 5.82 Å². The lowest BCUT2D eigenvalue weighted by Gasteiger charge is -2.44. The Hall–Kier alpha value is -0.940. The third kappa shape index (κ3) is 4.04. The van der Waals surface area contributed by atoms with Crippen LogP contribution in [0.4, 0.5) is 4.39 Å². The zero-order chi connectivity index (χ0) is 15.5. The lowest BCUT2D eigenvalue weighted by molar-refractivity contribution is -0.141. The van der Waals surface area contributed by atoms with E-state index in [0.717, 1.165) is 31.2 Å². The Morgan fingerprint density at radius 1 is 1.38 bits per heavy atom. The highest BCUT2D eigenvalue weighted by Crippen LogP contribution is 2.36. The summed E-state index contributed by atoms with van der Waals surface area (Å²) in [6, 6.07) is 4.97. The van der Waals surface area contributed by atoms with Crippen molar-refractivity contribution < 1.29 is 14.3 Å². The molecule has 2 rings (SSSR count). The van der Waals surface area contributed by atoms with Crippen LogP contribution in [0, 0.1) is 5.82 Å². The van der Waals surface area contributed by atoms with E-state index in [1.165, 1.54) is 12.5 Å². The summed E-state index contributed by atoms with van der Waals surface area (Å²) < 4.78 is 13.7. The molecule has 0 spiro atoms. The molecule has 0 radical (unpaired) electrons. The van der Waals surface area contributed by atoms with Crippen LogP contribution in [0.5, 0.6) is 0 Å². The Kier molecular flexibility index (Phi) is 5.38. The van der Waals surface area contributed by atoms with E-state index in [9.17, 15) is 14.3 Å². The van der Waals surface area contributed by atoms with Gasteiger partial charge in [-0.1, -0.05) is 25.3 Å². The molecule has 1 saturated carbocycles. The number of nitrogens with zero attached hydrogens (tertiary/aromatic N) is 1. The van der Waals surface area contributed by atoms with E-state index in [0.29, 0.717) is 11.0 Å². The maximum atomic E-state index is 13.3. The van der Waals surface area contributed by atoms with Crippen LogP contribution in [0.2, 0.25) is 0 Å². The molecule has 1 N–H and O–H groups in total. The second-order valence-electron chi connectivity index (χ2n) is 5.96. The molecule has 1 aliphatic rings. The molecule has 1 aliphatic carbocycles. The summed E-state index contributed by atoms with van der Waals surface area (Å²) in [4.78, 5) is 13.4. The van der Waals surface area contributed by atoms with Crippen molar-refractivity contribution in [2.75, 3.05) is 7.05 Å². The monoisotopic (exact) mass is 357 g/mol. The molecular formula is C16H21BrFNO2. The van der Waals surface area contributed by atoms with Crippen LogP contribution < -0.4 is 0 Å². The van der Waals surface area contributed by atoms with Gasteiger partial charge in [0.05, 0.1) is 10.9 Å². The first-order valence-corrected chi connectivity index (χ1v) is 8.09. The molecule has 21 heavy (non-hydrogen) atoms. The molecule has 0 heterocycles. The van der Waals surface area contributed by atoms with Gasteiger partial charge >= 0.3 is 5.97 Å². The van der Waals surface area contributed by atoms with Gasteiger partial charge in [-0.15, -0.1) is 0 Å². The molecule has 116 valence electrons. The van der Waals surface area contributed by atoms with Gasteiger partial charge in [0.15, 0.2) is 0 Å². The number of benzene rings is 1. The molecule has 0 unspecified atom stereocenters. The van der Waals surface area contributed by atoms with Crippen LogP contribution in [0.1, 0.15) is 44.1 Å². The van der Waals surface area contributed by atoms with Crippen LogP contribution >= 0.6 is 15.9 Å². The number of rotatable bonds is 5. The Labute approximate surface area is 133 Å². The Balaban J connectivity index is 2.15. The van der Waals surface area contributed by atoms with E-state index in [1.807, 2.05) is 7.05 Å². The smallest absolute Gasteiger partial charge is 0.305 e. The van der Waals surface area contributed by atoms with Gasteiger partial charge in [0, 0.05) is 12.1 Å². The fourth-order valence-corrected chi connectivity index (χ4v) is 3.69. The molecule has 0 saturated heterocycles. The van der Waals surface area contributed by atoms with Crippen LogP contribution in [0.15, 0.2) is 22.7 Å². The third-order valence-corrected chi connectivity index (χ3v) is 5.09. The predicted molar refractivity (Wildman–Crippen MR) is 83.6 cm³/mol. The van der Waals surface area contributed by atoms with E-state index in [1.54, 1.807) is 12.1 Å². The number of carboxylic acid groups (broad SMARTS) is 1. The highest BCUT2D eigenvalue weighted by molar-refractivity contribution is 9.10. The molecular weight excluding hydrogens is 337 g/mol. The number of carboxylic acids is 1. The maximum absolute atomic E-state index is 13.3. The Bertz CT molecular complexity index is 515. The molecule has 0 aromatic heterocycles. The second-order valence-corrected chi connectivity index (χ2v) is 6.81. The largest absolute Gasteiger partial charge is 0.481 e. The molecule has 1 aromatic carbocycles. The molecule has 0 aliphatic heterocycles. The fourth-order valence-electron chi connectivity index (χ4n) is 3.26. The van der Waals surface area contributed by atoms with Gasteiger partial charge in [0.2, 0.25) is 0 Å². The summed E-state index contributed by atoms with van der Waals surface area (Å²) in [5.41, 5.74) is 0.714. The van der Waals surface area contributed by atoms with Crippen molar-refractivity contribution in [1.82, 2.24) is 4.90 Å². The summed E-state index contributed by atoms with van der Waals surface area (Å²) in [7, 11) is 1.98. The average molecular weight is 358 g/mol. The Morgan fingerprint density at radius 2 is 2.05 bits per heavy atom. The van der Waals surface area contributed by atoms with Crippen LogP contribution in [0.3, 0.4) is 0 Å². The molecule has 0 bridgehead atoms. The minimum atomic E-state index is -0.746. The third-order valence-electron chi connectivity index (χ3n) is 4.48. The number of hydrogen-bond donors (Lipinski definition) is 1. The van der Waals surface area contributed by atoms with E-state index < -0.39 is 5.97 Å². The van der Waals surface area contributed by atoms with Crippen LogP contribution in [0.25, 0.3) is 0 Å².